The molecule has 1 aromatic carbocycles. The summed E-state index contributed by atoms with van der Waals surface area (Å²) < 4.78 is 0. The first-order valence-electron chi connectivity index (χ1n) is 12.0. The van der Waals surface area contributed by atoms with Crippen molar-refractivity contribution in [2.75, 3.05) is 0 Å². The zero-order valence-electron chi connectivity index (χ0n) is 21.8. The molecule has 1 aromatic rings. The van der Waals surface area contributed by atoms with Gasteiger partial charge < -0.3 is 10.2 Å². The van der Waals surface area contributed by atoms with Crippen molar-refractivity contribution in [1.29, 1.82) is 0 Å². The van der Waals surface area contributed by atoms with E-state index in [4.69, 9.17) is 0 Å². The number of hydrogen-bond acceptors (Lipinski definition) is 2. The molecule has 2 nitrogen and oxygen atoms in total. The normalized spacial score (nSPS) is 23.4. The molecule has 2 atom stereocenters. The van der Waals surface area contributed by atoms with Crippen LogP contribution in [0.4, 0.5) is 0 Å². The van der Waals surface area contributed by atoms with Gasteiger partial charge in [-0.25, -0.2) is 0 Å². The van der Waals surface area contributed by atoms with E-state index in [9.17, 15) is 10.2 Å². The van der Waals surface area contributed by atoms with Crippen molar-refractivity contribution in [2.24, 2.45) is 17.3 Å². The van der Waals surface area contributed by atoms with Crippen LogP contribution in [-0.2, 0) is 18.3 Å². The van der Waals surface area contributed by atoms with Gasteiger partial charge in [-0.3, -0.25) is 0 Å². The van der Waals surface area contributed by atoms with Gasteiger partial charge in [0.1, 0.15) is 0 Å². The molecule has 0 bridgehead atoms. The number of benzene rings is 1. The van der Waals surface area contributed by atoms with Crippen LogP contribution in [0.1, 0.15) is 102 Å². The zero-order valence-corrected chi connectivity index (χ0v) is 28.0. The Balaban J connectivity index is 0.00000181. The summed E-state index contributed by atoms with van der Waals surface area (Å²) in [6.07, 6.45) is 11.1. The van der Waals surface area contributed by atoms with Gasteiger partial charge in [-0.1, -0.05) is 77.8 Å². The molecule has 0 heterocycles. The molecule has 2 unspecified atom stereocenters. The smallest absolute Gasteiger partial charge is 0.872 e. The molecular weight excluding hydrogens is 447 g/mol. The van der Waals surface area contributed by atoms with Gasteiger partial charge in [-0.05, 0) is 89.0 Å². The Labute approximate surface area is 280 Å². The zero-order chi connectivity index (χ0) is 21.8. The van der Waals surface area contributed by atoms with Gasteiger partial charge in [0.2, 0.25) is 0 Å². The fourth-order valence-electron chi connectivity index (χ4n) is 5.94. The monoisotopic (exact) mass is 484 g/mol. The van der Waals surface area contributed by atoms with Crippen molar-refractivity contribution in [1.82, 2.24) is 0 Å². The average molecular weight is 485 g/mol. The maximum Gasteiger partial charge on any atom is 1.00 e. The summed E-state index contributed by atoms with van der Waals surface area (Å²) in [7, 11) is 0. The molecule has 0 aliphatic heterocycles. The Morgan fingerprint density at radius 1 is 0.812 bits per heavy atom. The Kier molecular flexibility index (Phi) is 10.5. The Morgan fingerprint density at radius 2 is 1.44 bits per heavy atom. The minimum Gasteiger partial charge on any atom is -0.872 e. The van der Waals surface area contributed by atoms with E-state index >= 15 is 0 Å². The van der Waals surface area contributed by atoms with Crippen LogP contribution < -0.4 is 113 Å². The van der Waals surface area contributed by atoms with Crippen LogP contribution in [0.2, 0.25) is 0 Å². The number of aryl methyl sites for hydroxylation is 1. The standard InChI is InChI=1S/C28H40O2.2K/c1-27(2,3)21-15-17-11-7-9-13-19(17)23(25(21)29)24-20-14-10-8-12-18(20)16-22(26(24)30)28(4,5)6;;/h15-17,19,29-30H,7-14H2,1-6H3;;/q;2*+1/p-2. The molecule has 4 rings (SSSR count). The van der Waals surface area contributed by atoms with E-state index in [1.807, 2.05) is 0 Å². The third-order valence-corrected chi connectivity index (χ3v) is 7.55. The van der Waals surface area contributed by atoms with Gasteiger partial charge >= 0.3 is 103 Å². The average Bonchev–Trinajstić information content (AvgIpc) is 2.66. The third kappa shape index (κ3) is 5.76. The van der Waals surface area contributed by atoms with Crippen molar-refractivity contribution < 1.29 is 113 Å². The molecule has 0 amide bonds. The van der Waals surface area contributed by atoms with Crippen LogP contribution in [0.5, 0.6) is 5.75 Å². The molecule has 0 spiro atoms. The molecular formula is C28H38K2O2. The van der Waals surface area contributed by atoms with Crippen molar-refractivity contribution in [2.45, 2.75) is 98.3 Å². The predicted molar refractivity (Wildman–Crippen MR) is 121 cm³/mol. The maximum absolute atomic E-state index is 14.0. The van der Waals surface area contributed by atoms with Crippen molar-refractivity contribution in [3.63, 3.8) is 0 Å². The summed E-state index contributed by atoms with van der Waals surface area (Å²) in [5.41, 5.74) is 5.60. The van der Waals surface area contributed by atoms with Crippen LogP contribution in [0.15, 0.2) is 23.5 Å². The minimum absolute atomic E-state index is 0. The van der Waals surface area contributed by atoms with Gasteiger partial charge in [0.25, 0.3) is 0 Å². The van der Waals surface area contributed by atoms with Gasteiger partial charge in [-0.15, -0.1) is 5.76 Å². The van der Waals surface area contributed by atoms with E-state index < -0.39 is 0 Å². The molecule has 0 aromatic heterocycles. The van der Waals surface area contributed by atoms with E-state index in [1.165, 1.54) is 24.0 Å². The largest absolute Gasteiger partial charge is 1.00 e. The molecule has 0 saturated heterocycles. The summed E-state index contributed by atoms with van der Waals surface area (Å²) in [5.74, 6) is 0.900. The van der Waals surface area contributed by atoms with Gasteiger partial charge in [0, 0.05) is 0 Å². The minimum atomic E-state index is -0.217. The van der Waals surface area contributed by atoms with E-state index in [1.54, 1.807) is 0 Å². The Hall–Kier alpha value is 1.57. The molecule has 32 heavy (non-hydrogen) atoms. The molecule has 0 N–H and O–H groups in total. The molecule has 3 aliphatic rings. The van der Waals surface area contributed by atoms with Crippen LogP contribution in [0.3, 0.4) is 0 Å². The van der Waals surface area contributed by atoms with Crippen molar-refractivity contribution in [3.8, 4) is 5.75 Å². The van der Waals surface area contributed by atoms with Crippen LogP contribution in [0.25, 0.3) is 5.57 Å². The number of fused-ring (bicyclic) bond motifs is 2. The fourth-order valence-corrected chi connectivity index (χ4v) is 5.94. The van der Waals surface area contributed by atoms with E-state index in [-0.39, 0.29) is 131 Å². The Bertz CT molecular complexity index is 913. The first-order chi connectivity index (χ1) is 14.0. The van der Waals surface area contributed by atoms with Crippen LogP contribution in [0, 0.1) is 17.3 Å². The second-order valence-corrected chi connectivity index (χ2v) is 11.9. The first-order valence-corrected chi connectivity index (χ1v) is 12.0. The first kappa shape index (κ1) is 29.8. The summed E-state index contributed by atoms with van der Waals surface area (Å²) >= 11 is 0. The van der Waals surface area contributed by atoms with Crippen molar-refractivity contribution in [3.05, 3.63) is 45.7 Å². The number of rotatable bonds is 1. The summed E-state index contributed by atoms with van der Waals surface area (Å²) in [5, 5.41) is 28.0. The fraction of sp³-hybridized carbons (Fsp3) is 0.643. The van der Waals surface area contributed by atoms with E-state index in [0.29, 0.717) is 5.92 Å². The quantitative estimate of drug-likeness (QED) is 0.519. The molecule has 1 fully saturated rings. The molecule has 164 valence electrons. The molecule has 3 aliphatic carbocycles. The molecule has 4 heteroatoms. The second kappa shape index (κ2) is 11.3. The third-order valence-electron chi connectivity index (χ3n) is 7.55. The maximum atomic E-state index is 14.0. The molecule has 1 saturated carbocycles. The SMILES string of the molecule is CC(C)(C)C1=CC2CCCCC2C(c2c([O-])c(C(C)(C)C)cc3c2CCCC3)=C1[O-].[K+].[K+]. The predicted octanol–water partition coefficient (Wildman–Crippen LogP) is -0.192. The Morgan fingerprint density at radius 3 is 2.06 bits per heavy atom. The van der Waals surface area contributed by atoms with Crippen molar-refractivity contribution >= 4 is 5.57 Å². The summed E-state index contributed by atoms with van der Waals surface area (Å²) in [4.78, 5) is 0. The summed E-state index contributed by atoms with van der Waals surface area (Å²) in [6, 6.07) is 2.17. The van der Waals surface area contributed by atoms with Gasteiger partial charge in [0.05, 0.1) is 0 Å². The van der Waals surface area contributed by atoms with E-state index in [2.05, 4.69) is 53.7 Å². The van der Waals surface area contributed by atoms with Gasteiger partial charge in [0.15, 0.2) is 0 Å². The number of allylic oxidation sites excluding steroid dienone is 3. The van der Waals surface area contributed by atoms with Crippen LogP contribution in [-0.4, -0.2) is 0 Å². The number of hydrogen-bond donors (Lipinski definition) is 0. The second-order valence-electron chi connectivity index (χ2n) is 11.9. The van der Waals surface area contributed by atoms with Crippen LogP contribution >= 0.6 is 0 Å². The molecule has 0 radical (unpaired) electrons. The topological polar surface area (TPSA) is 46.1 Å². The van der Waals surface area contributed by atoms with E-state index in [0.717, 1.165) is 60.8 Å². The van der Waals surface area contributed by atoms with Gasteiger partial charge in [-0.2, -0.15) is 0 Å². The summed E-state index contributed by atoms with van der Waals surface area (Å²) in [6.45, 7) is 12.8.